The fourth-order valence-corrected chi connectivity index (χ4v) is 6.58. The lowest BCUT2D eigenvalue weighted by molar-refractivity contribution is -0.338. The third kappa shape index (κ3) is 5.98. The van der Waals surface area contributed by atoms with Gasteiger partial charge in [0, 0.05) is 11.8 Å². The summed E-state index contributed by atoms with van der Waals surface area (Å²) in [5.74, 6) is 2.10. The highest BCUT2D eigenvalue weighted by Crippen LogP contribution is 2.49. The van der Waals surface area contributed by atoms with Crippen LogP contribution in [0.3, 0.4) is 0 Å². The van der Waals surface area contributed by atoms with E-state index in [4.69, 9.17) is 18.9 Å². The second kappa shape index (κ2) is 11.7. The third-order valence-electron chi connectivity index (χ3n) is 10.1. The summed E-state index contributed by atoms with van der Waals surface area (Å²) in [4.78, 5) is 0. The molecule has 10 atom stereocenters. The van der Waals surface area contributed by atoms with Gasteiger partial charge in [-0.05, 0) is 63.2 Å². The largest absolute Gasteiger partial charge is 0.349 e. The molecule has 0 radical (unpaired) electrons. The van der Waals surface area contributed by atoms with Crippen molar-refractivity contribution in [1.82, 2.24) is 0 Å². The van der Waals surface area contributed by atoms with E-state index in [0.29, 0.717) is 35.0 Å². The summed E-state index contributed by atoms with van der Waals surface area (Å²) < 4.78 is 26.5. The highest BCUT2D eigenvalue weighted by atomic mass is 16.7. The summed E-state index contributed by atoms with van der Waals surface area (Å²) in [5, 5.41) is 0. The van der Waals surface area contributed by atoms with Crippen molar-refractivity contribution in [1.29, 1.82) is 0 Å². The van der Waals surface area contributed by atoms with Gasteiger partial charge in [-0.25, -0.2) is 0 Å². The van der Waals surface area contributed by atoms with Crippen LogP contribution in [0.25, 0.3) is 0 Å². The first-order valence-corrected chi connectivity index (χ1v) is 14.1. The van der Waals surface area contributed by atoms with E-state index in [2.05, 4.69) is 83.1 Å². The third-order valence-corrected chi connectivity index (χ3v) is 10.1. The van der Waals surface area contributed by atoms with Crippen LogP contribution in [-0.2, 0) is 18.9 Å². The standard InChI is InChI=1S/C29H56O4/c1-13-23-20(8)25(22(10)31-27(23)33-29(12,16-4)17-5)32-26-19(7)18(6)24(21(9)30-26)28(11,14-2)15-3/h18-27H,13-17H2,1-12H3. The molecule has 0 aromatic rings. The quantitative estimate of drug-likeness (QED) is 0.327. The van der Waals surface area contributed by atoms with Crippen LogP contribution in [0.15, 0.2) is 0 Å². The summed E-state index contributed by atoms with van der Waals surface area (Å²) in [7, 11) is 0. The molecule has 4 nitrogen and oxygen atoms in total. The minimum atomic E-state index is -0.186. The molecule has 2 aliphatic rings. The van der Waals surface area contributed by atoms with Crippen molar-refractivity contribution < 1.29 is 18.9 Å². The van der Waals surface area contributed by atoms with Crippen LogP contribution in [-0.4, -0.2) is 36.5 Å². The van der Waals surface area contributed by atoms with Gasteiger partial charge >= 0.3 is 0 Å². The molecule has 2 aliphatic heterocycles. The summed E-state index contributed by atoms with van der Waals surface area (Å²) in [6.45, 7) is 27.4. The van der Waals surface area contributed by atoms with Crippen LogP contribution in [0.5, 0.6) is 0 Å². The van der Waals surface area contributed by atoms with Gasteiger partial charge in [0.2, 0.25) is 0 Å². The molecule has 0 saturated carbocycles. The van der Waals surface area contributed by atoms with Crippen molar-refractivity contribution >= 4 is 0 Å². The maximum absolute atomic E-state index is 6.80. The molecule has 0 N–H and O–H groups in total. The number of hydrogen-bond donors (Lipinski definition) is 0. The van der Waals surface area contributed by atoms with Crippen LogP contribution < -0.4 is 0 Å². The highest BCUT2D eigenvalue weighted by molar-refractivity contribution is 4.94. The normalized spacial score (nSPS) is 40.7. The van der Waals surface area contributed by atoms with Gasteiger partial charge in [-0.1, -0.05) is 75.2 Å². The van der Waals surface area contributed by atoms with Gasteiger partial charge in [-0.15, -0.1) is 0 Å². The maximum atomic E-state index is 6.80. The lowest BCUT2D eigenvalue weighted by Gasteiger charge is -2.53. The zero-order valence-corrected chi connectivity index (χ0v) is 23.9. The van der Waals surface area contributed by atoms with E-state index in [-0.39, 0.29) is 36.5 Å². The first-order valence-electron chi connectivity index (χ1n) is 14.1. The van der Waals surface area contributed by atoms with Crippen LogP contribution in [0.4, 0.5) is 0 Å². The summed E-state index contributed by atoms with van der Waals surface area (Å²) >= 11 is 0. The molecular formula is C29H56O4. The lowest BCUT2D eigenvalue weighted by Crippen LogP contribution is -2.57. The Kier molecular flexibility index (Phi) is 10.3. The molecule has 2 rings (SSSR count). The molecule has 0 bridgehead atoms. The Morgan fingerprint density at radius 2 is 1.21 bits per heavy atom. The Balaban J connectivity index is 2.16. The molecule has 0 aliphatic carbocycles. The van der Waals surface area contributed by atoms with Gasteiger partial charge in [0.25, 0.3) is 0 Å². The molecule has 4 heteroatoms. The first kappa shape index (κ1) is 29.1. The van der Waals surface area contributed by atoms with Crippen LogP contribution in [0.2, 0.25) is 0 Å². The molecule has 33 heavy (non-hydrogen) atoms. The zero-order valence-electron chi connectivity index (χ0n) is 23.9. The minimum Gasteiger partial charge on any atom is -0.349 e. The van der Waals surface area contributed by atoms with Crippen molar-refractivity contribution in [2.45, 2.75) is 152 Å². The van der Waals surface area contributed by atoms with E-state index < -0.39 is 0 Å². The maximum Gasteiger partial charge on any atom is 0.161 e. The molecular weight excluding hydrogens is 412 g/mol. The van der Waals surface area contributed by atoms with Gasteiger partial charge in [0.1, 0.15) is 0 Å². The Labute approximate surface area is 205 Å². The molecule has 0 amide bonds. The monoisotopic (exact) mass is 468 g/mol. The van der Waals surface area contributed by atoms with E-state index in [0.717, 1.165) is 19.3 Å². The Morgan fingerprint density at radius 1 is 0.667 bits per heavy atom. The number of rotatable bonds is 10. The predicted octanol–water partition coefficient (Wildman–Crippen LogP) is 7.83. The molecule has 0 aromatic heterocycles. The van der Waals surface area contributed by atoms with Crippen molar-refractivity contribution in [3.63, 3.8) is 0 Å². The second-order valence-electron chi connectivity index (χ2n) is 11.8. The summed E-state index contributed by atoms with van der Waals surface area (Å²) in [6, 6.07) is 0. The average molecular weight is 469 g/mol. The minimum absolute atomic E-state index is 0.0106. The topological polar surface area (TPSA) is 36.9 Å². The number of hydrogen-bond acceptors (Lipinski definition) is 4. The zero-order chi connectivity index (χ0) is 25.1. The van der Waals surface area contributed by atoms with Gasteiger partial charge in [-0.2, -0.15) is 0 Å². The van der Waals surface area contributed by atoms with E-state index in [9.17, 15) is 0 Å². The molecule has 2 fully saturated rings. The second-order valence-corrected chi connectivity index (χ2v) is 11.8. The SMILES string of the molecule is CCC1C(OC(C)(CC)CC)OC(C)C(OC2OC(C)C(C(C)(CC)CC)C(C)C2C)C1C. The molecule has 2 heterocycles. The van der Waals surface area contributed by atoms with E-state index in [1.165, 1.54) is 12.8 Å². The van der Waals surface area contributed by atoms with E-state index in [1.54, 1.807) is 0 Å². The summed E-state index contributed by atoms with van der Waals surface area (Å²) in [6.07, 6.45) is 5.17. The van der Waals surface area contributed by atoms with Crippen molar-refractivity contribution in [3.8, 4) is 0 Å². The van der Waals surface area contributed by atoms with Gasteiger partial charge < -0.3 is 18.9 Å². The number of ether oxygens (including phenoxy) is 4. The fourth-order valence-electron chi connectivity index (χ4n) is 6.58. The van der Waals surface area contributed by atoms with Crippen LogP contribution in [0.1, 0.15) is 115 Å². The highest BCUT2D eigenvalue weighted by Gasteiger charge is 2.50. The van der Waals surface area contributed by atoms with Gasteiger partial charge in [0.15, 0.2) is 12.6 Å². The molecule has 196 valence electrons. The summed E-state index contributed by atoms with van der Waals surface area (Å²) in [5.41, 5.74) is 0.160. The Bertz CT molecular complexity index is 584. The molecule has 2 saturated heterocycles. The van der Waals surface area contributed by atoms with Crippen molar-refractivity contribution in [2.24, 2.45) is 35.0 Å². The van der Waals surface area contributed by atoms with E-state index in [1.807, 2.05) is 0 Å². The Morgan fingerprint density at radius 3 is 1.70 bits per heavy atom. The predicted molar refractivity (Wildman–Crippen MR) is 137 cm³/mol. The van der Waals surface area contributed by atoms with Crippen LogP contribution >= 0.6 is 0 Å². The van der Waals surface area contributed by atoms with Crippen molar-refractivity contribution in [3.05, 3.63) is 0 Å². The average Bonchev–Trinajstić information content (AvgIpc) is 2.79. The molecule has 10 unspecified atom stereocenters. The molecule has 0 aromatic carbocycles. The van der Waals surface area contributed by atoms with Crippen LogP contribution in [0, 0.1) is 35.0 Å². The van der Waals surface area contributed by atoms with Gasteiger partial charge in [-0.3, -0.25) is 0 Å². The first-order chi connectivity index (χ1) is 15.4. The van der Waals surface area contributed by atoms with Gasteiger partial charge in [0.05, 0.1) is 23.9 Å². The Hall–Kier alpha value is -0.160. The smallest absolute Gasteiger partial charge is 0.161 e. The van der Waals surface area contributed by atoms with E-state index >= 15 is 0 Å². The fraction of sp³-hybridized carbons (Fsp3) is 1.00. The lowest BCUT2D eigenvalue weighted by atomic mass is 9.62. The molecule has 0 spiro atoms. The van der Waals surface area contributed by atoms with Crippen molar-refractivity contribution in [2.75, 3.05) is 0 Å².